The summed E-state index contributed by atoms with van der Waals surface area (Å²) in [5, 5.41) is 9.73. The summed E-state index contributed by atoms with van der Waals surface area (Å²) in [5.41, 5.74) is 1.73. The van der Waals surface area contributed by atoms with E-state index in [0.29, 0.717) is 5.56 Å². The first kappa shape index (κ1) is 13.4. The number of benzene rings is 2. The van der Waals surface area contributed by atoms with Crippen LogP contribution < -0.4 is 4.72 Å². The zero-order chi connectivity index (χ0) is 14.0. The monoisotopic (exact) mass is 277 g/mol. The van der Waals surface area contributed by atoms with Gasteiger partial charge in [-0.15, -0.1) is 0 Å². The number of aromatic hydroxyl groups is 1. The summed E-state index contributed by atoms with van der Waals surface area (Å²) in [7, 11) is -3.69. The van der Waals surface area contributed by atoms with E-state index in [1.807, 2.05) is 13.0 Å². The molecule has 0 atom stereocenters. The molecule has 0 amide bonds. The molecule has 19 heavy (non-hydrogen) atoms. The average molecular weight is 277 g/mol. The molecule has 0 radical (unpaired) electrons. The van der Waals surface area contributed by atoms with E-state index in [0.717, 1.165) is 5.56 Å². The molecule has 2 N–H and O–H groups in total. The predicted octanol–water partition coefficient (Wildman–Crippen LogP) is 2.81. The summed E-state index contributed by atoms with van der Waals surface area (Å²) < 4.78 is 26.9. The number of para-hydroxylation sites is 1. The molecule has 2 rings (SSSR count). The Labute approximate surface area is 112 Å². The van der Waals surface area contributed by atoms with E-state index in [2.05, 4.69) is 4.72 Å². The molecule has 0 aliphatic carbocycles. The fourth-order valence-corrected chi connectivity index (χ4v) is 3.01. The number of sulfonamides is 1. The molecule has 0 unspecified atom stereocenters. The van der Waals surface area contributed by atoms with E-state index in [1.54, 1.807) is 31.2 Å². The molecule has 2 aromatic carbocycles. The van der Waals surface area contributed by atoms with Crippen LogP contribution in [0.4, 0.5) is 5.69 Å². The number of nitrogens with one attached hydrogen (secondary N) is 1. The van der Waals surface area contributed by atoms with Gasteiger partial charge < -0.3 is 5.11 Å². The van der Waals surface area contributed by atoms with E-state index in [4.69, 9.17) is 0 Å². The van der Waals surface area contributed by atoms with Crippen LogP contribution in [0.2, 0.25) is 0 Å². The van der Waals surface area contributed by atoms with Crippen LogP contribution in [-0.2, 0) is 10.0 Å². The van der Waals surface area contributed by atoms with Crippen LogP contribution in [0, 0.1) is 13.8 Å². The minimum atomic E-state index is -3.69. The molecule has 0 spiro atoms. The van der Waals surface area contributed by atoms with Crippen LogP contribution in [0.1, 0.15) is 11.1 Å². The summed E-state index contributed by atoms with van der Waals surface area (Å²) in [6.45, 7) is 3.55. The molecule has 0 aromatic heterocycles. The Bertz CT molecular complexity index is 688. The number of rotatable bonds is 3. The molecule has 0 aliphatic heterocycles. The molecular weight excluding hydrogens is 262 g/mol. The number of phenolic OH excluding ortho intramolecular Hbond substituents is 1. The number of anilines is 1. The van der Waals surface area contributed by atoms with Gasteiger partial charge in [0.1, 0.15) is 5.75 Å². The van der Waals surface area contributed by atoms with Crippen molar-refractivity contribution in [2.45, 2.75) is 18.7 Å². The SMILES string of the molecule is Cc1cccc(S(=O)(=O)Nc2c(C)cccc2O)c1. The van der Waals surface area contributed by atoms with E-state index in [9.17, 15) is 13.5 Å². The van der Waals surface area contributed by atoms with Gasteiger partial charge in [0, 0.05) is 0 Å². The second kappa shape index (κ2) is 4.93. The van der Waals surface area contributed by atoms with Gasteiger partial charge in [-0.1, -0.05) is 24.3 Å². The lowest BCUT2D eigenvalue weighted by Crippen LogP contribution is -2.14. The molecular formula is C14H15NO3S. The van der Waals surface area contributed by atoms with E-state index in [-0.39, 0.29) is 16.3 Å². The van der Waals surface area contributed by atoms with Gasteiger partial charge in [0.05, 0.1) is 10.6 Å². The Morgan fingerprint density at radius 2 is 1.74 bits per heavy atom. The number of phenols is 1. The molecule has 2 aromatic rings. The third-order valence-electron chi connectivity index (χ3n) is 2.79. The second-order valence-corrected chi connectivity index (χ2v) is 6.07. The van der Waals surface area contributed by atoms with Crippen molar-refractivity contribution in [1.29, 1.82) is 0 Å². The minimum absolute atomic E-state index is 0.0868. The summed E-state index contributed by atoms with van der Waals surface area (Å²) in [4.78, 5) is 0.176. The zero-order valence-corrected chi connectivity index (χ0v) is 11.5. The Morgan fingerprint density at radius 1 is 1.05 bits per heavy atom. The normalized spacial score (nSPS) is 11.3. The van der Waals surface area contributed by atoms with Gasteiger partial charge in [-0.05, 0) is 43.2 Å². The third kappa shape index (κ3) is 2.88. The highest BCUT2D eigenvalue weighted by Gasteiger charge is 2.17. The molecule has 0 fully saturated rings. The molecule has 0 bridgehead atoms. The number of hydrogen-bond acceptors (Lipinski definition) is 3. The van der Waals surface area contributed by atoms with E-state index < -0.39 is 10.0 Å². The van der Waals surface area contributed by atoms with Gasteiger partial charge in [-0.2, -0.15) is 0 Å². The van der Waals surface area contributed by atoms with E-state index >= 15 is 0 Å². The van der Waals surface area contributed by atoms with Crippen molar-refractivity contribution >= 4 is 15.7 Å². The topological polar surface area (TPSA) is 66.4 Å². The minimum Gasteiger partial charge on any atom is -0.506 e. The lowest BCUT2D eigenvalue weighted by molar-refractivity contribution is 0.477. The smallest absolute Gasteiger partial charge is 0.262 e. The molecule has 0 aliphatic rings. The molecule has 100 valence electrons. The van der Waals surface area contributed by atoms with Gasteiger partial charge in [0.25, 0.3) is 10.0 Å². The maximum atomic E-state index is 12.2. The first-order valence-corrected chi connectivity index (χ1v) is 7.26. The maximum Gasteiger partial charge on any atom is 0.262 e. The van der Waals surface area contributed by atoms with Crippen LogP contribution >= 0.6 is 0 Å². The second-order valence-electron chi connectivity index (χ2n) is 4.39. The van der Waals surface area contributed by atoms with Gasteiger partial charge in [0.15, 0.2) is 0 Å². The number of aryl methyl sites for hydroxylation is 2. The van der Waals surface area contributed by atoms with Gasteiger partial charge in [-0.25, -0.2) is 8.42 Å². The maximum absolute atomic E-state index is 12.2. The van der Waals surface area contributed by atoms with Crippen LogP contribution in [-0.4, -0.2) is 13.5 Å². The standard InChI is InChI=1S/C14H15NO3S/c1-10-5-3-7-12(9-10)19(17,18)15-14-11(2)6-4-8-13(14)16/h3-9,15-16H,1-2H3. The Hall–Kier alpha value is -2.01. The Morgan fingerprint density at radius 3 is 2.37 bits per heavy atom. The van der Waals surface area contributed by atoms with E-state index in [1.165, 1.54) is 12.1 Å². The number of hydrogen-bond donors (Lipinski definition) is 2. The fourth-order valence-electron chi connectivity index (χ4n) is 1.76. The first-order chi connectivity index (χ1) is 8.90. The van der Waals surface area contributed by atoms with Crippen molar-refractivity contribution in [1.82, 2.24) is 0 Å². The van der Waals surface area contributed by atoms with Crippen molar-refractivity contribution in [2.75, 3.05) is 4.72 Å². The van der Waals surface area contributed by atoms with Gasteiger partial charge in [0.2, 0.25) is 0 Å². The Balaban J connectivity index is 2.42. The van der Waals surface area contributed by atoms with Crippen molar-refractivity contribution < 1.29 is 13.5 Å². The molecule has 0 saturated heterocycles. The van der Waals surface area contributed by atoms with Crippen LogP contribution in [0.15, 0.2) is 47.4 Å². The third-order valence-corrected chi connectivity index (χ3v) is 4.13. The summed E-state index contributed by atoms with van der Waals surface area (Å²) in [6.07, 6.45) is 0. The first-order valence-electron chi connectivity index (χ1n) is 5.78. The molecule has 0 heterocycles. The summed E-state index contributed by atoms with van der Waals surface area (Å²) in [6, 6.07) is 11.4. The van der Waals surface area contributed by atoms with Gasteiger partial charge >= 0.3 is 0 Å². The van der Waals surface area contributed by atoms with Crippen LogP contribution in [0.25, 0.3) is 0 Å². The molecule has 5 heteroatoms. The summed E-state index contributed by atoms with van der Waals surface area (Å²) >= 11 is 0. The fraction of sp³-hybridized carbons (Fsp3) is 0.143. The van der Waals surface area contributed by atoms with Gasteiger partial charge in [-0.3, -0.25) is 4.72 Å². The van der Waals surface area contributed by atoms with Crippen LogP contribution in [0.5, 0.6) is 5.75 Å². The highest BCUT2D eigenvalue weighted by Crippen LogP contribution is 2.29. The van der Waals surface area contributed by atoms with Crippen molar-refractivity contribution in [3.05, 3.63) is 53.6 Å². The molecule has 0 saturated carbocycles. The predicted molar refractivity (Wildman–Crippen MR) is 74.8 cm³/mol. The highest BCUT2D eigenvalue weighted by molar-refractivity contribution is 7.92. The zero-order valence-electron chi connectivity index (χ0n) is 10.7. The summed E-state index contributed by atoms with van der Waals surface area (Å²) in [5.74, 6) is -0.0868. The van der Waals surface area contributed by atoms with Crippen LogP contribution in [0.3, 0.4) is 0 Å². The quantitative estimate of drug-likeness (QED) is 0.848. The average Bonchev–Trinajstić information content (AvgIpc) is 2.34. The van der Waals surface area contributed by atoms with Crippen molar-refractivity contribution in [3.63, 3.8) is 0 Å². The largest absolute Gasteiger partial charge is 0.506 e. The van der Waals surface area contributed by atoms with Crippen molar-refractivity contribution in [3.8, 4) is 5.75 Å². The lowest BCUT2D eigenvalue weighted by atomic mass is 10.2. The molecule has 4 nitrogen and oxygen atoms in total. The Kier molecular flexibility index (Phi) is 3.48. The van der Waals surface area contributed by atoms with Crippen molar-refractivity contribution in [2.24, 2.45) is 0 Å². The lowest BCUT2D eigenvalue weighted by Gasteiger charge is -2.12. The highest BCUT2D eigenvalue weighted by atomic mass is 32.2.